The maximum atomic E-state index is 13.0. The first-order valence-electron chi connectivity index (χ1n) is 9.04. The van der Waals surface area contributed by atoms with Crippen molar-refractivity contribution < 1.29 is 18.0 Å². The predicted molar refractivity (Wildman–Crippen MR) is 117 cm³/mol. The quantitative estimate of drug-likeness (QED) is 0.173. The number of aryl methyl sites for hydroxylation is 1. The van der Waals surface area contributed by atoms with Crippen LogP contribution in [0.5, 0.6) is 0 Å². The van der Waals surface area contributed by atoms with Gasteiger partial charge in [-0.2, -0.15) is 0 Å². The number of anilines is 1. The zero-order chi connectivity index (χ0) is 23.2. The number of hydrogen-bond donors (Lipinski definition) is 4. The number of pyridine rings is 1. The second kappa shape index (κ2) is 9.80. The summed E-state index contributed by atoms with van der Waals surface area (Å²) in [4.78, 5) is 29.8. The fourth-order valence-corrected chi connectivity index (χ4v) is 3.84. The van der Waals surface area contributed by atoms with Crippen LogP contribution in [-0.4, -0.2) is 31.5 Å². The van der Waals surface area contributed by atoms with Crippen molar-refractivity contribution in [1.82, 2.24) is 4.57 Å². The molecule has 166 valence electrons. The molecule has 1 aromatic heterocycles. The number of hydrogen-bond acceptors (Lipinski definition) is 6. The van der Waals surface area contributed by atoms with E-state index in [9.17, 15) is 18.0 Å². The van der Waals surface area contributed by atoms with Crippen LogP contribution in [0.4, 0.5) is 5.69 Å². The van der Waals surface area contributed by atoms with Gasteiger partial charge in [-0.05, 0) is 41.9 Å². The fourth-order valence-electron chi connectivity index (χ4n) is 2.78. The first-order valence-corrected chi connectivity index (χ1v) is 10.5. The minimum absolute atomic E-state index is 0.0217. The molecule has 0 aliphatic rings. The Balaban J connectivity index is 2.37. The number of carbonyl (C=O) groups is 1. The maximum Gasteiger partial charge on any atom is 0.275 e. The molecule has 1 amide bonds. The summed E-state index contributed by atoms with van der Waals surface area (Å²) in [7, 11) is -4.05. The van der Waals surface area contributed by atoms with E-state index in [4.69, 9.17) is 22.0 Å². The van der Waals surface area contributed by atoms with E-state index in [1.807, 2.05) is 0 Å². The molecule has 31 heavy (non-hydrogen) atoms. The maximum absolute atomic E-state index is 13.0. The first kappa shape index (κ1) is 23.5. The number of benzene rings is 1. The van der Waals surface area contributed by atoms with Crippen LogP contribution >= 0.6 is 0 Å². The molecule has 0 aliphatic heterocycles. The van der Waals surface area contributed by atoms with Gasteiger partial charge in [0.2, 0.25) is 11.9 Å². The molecule has 7 N–H and O–H groups in total. The standard InChI is InChI=1S/C19H24N6O5S/c1-3-13-5-7-14(8-6-13)31(28,29)24-15-9-4-12(2)25(18(15)27)16(17(20)26)10-11-30-23-19(21)22/h3-9,16,24H,1,10-11H2,2H3,(H2,20,26)(H4,21,22,23). The first-order chi connectivity index (χ1) is 14.6. The van der Waals surface area contributed by atoms with Gasteiger partial charge in [0.25, 0.3) is 15.6 Å². The highest BCUT2D eigenvalue weighted by molar-refractivity contribution is 7.92. The van der Waals surface area contributed by atoms with E-state index in [1.165, 1.54) is 24.3 Å². The number of carbonyl (C=O) groups excluding carboxylic acids is 1. The summed E-state index contributed by atoms with van der Waals surface area (Å²) in [5, 5.41) is 3.34. The number of nitrogens with one attached hydrogen (secondary N) is 1. The van der Waals surface area contributed by atoms with Gasteiger partial charge in [0.05, 0.1) is 4.90 Å². The van der Waals surface area contributed by atoms with E-state index in [0.717, 1.165) is 10.1 Å². The van der Waals surface area contributed by atoms with Gasteiger partial charge in [-0.25, -0.2) is 8.42 Å². The molecule has 1 heterocycles. The van der Waals surface area contributed by atoms with Gasteiger partial charge < -0.3 is 22.0 Å². The van der Waals surface area contributed by atoms with E-state index >= 15 is 0 Å². The smallest absolute Gasteiger partial charge is 0.275 e. The molecule has 11 nitrogen and oxygen atoms in total. The third-order valence-electron chi connectivity index (χ3n) is 4.28. The number of aromatic nitrogens is 1. The Hall–Kier alpha value is -3.80. The highest BCUT2D eigenvalue weighted by Gasteiger charge is 2.24. The van der Waals surface area contributed by atoms with E-state index in [2.05, 4.69) is 16.5 Å². The lowest BCUT2D eigenvalue weighted by molar-refractivity contribution is -0.121. The van der Waals surface area contributed by atoms with Crippen molar-refractivity contribution in [3.8, 4) is 0 Å². The Bertz CT molecular complexity index is 1150. The number of guanidine groups is 1. The summed E-state index contributed by atoms with van der Waals surface area (Å²) < 4.78 is 28.7. The fraction of sp³-hybridized carbons (Fsp3) is 0.211. The summed E-state index contributed by atoms with van der Waals surface area (Å²) in [5.41, 5.74) is 15.9. The lowest BCUT2D eigenvalue weighted by Gasteiger charge is -2.20. The highest BCUT2D eigenvalue weighted by Crippen LogP contribution is 2.18. The van der Waals surface area contributed by atoms with Crippen LogP contribution in [0.3, 0.4) is 0 Å². The molecule has 12 heteroatoms. The molecular weight excluding hydrogens is 424 g/mol. The molecule has 1 aromatic carbocycles. The molecule has 1 atom stereocenters. The summed E-state index contributed by atoms with van der Waals surface area (Å²) >= 11 is 0. The van der Waals surface area contributed by atoms with Crippen molar-refractivity contribution in [1.29, 1.82) is 0 Å². The monoisotopic (exact) mass is 448 g/mol. The van der Waals surface area contributed by atoms with Gasteiger partial charge >= 0.3 is 0 Å². The lowest BCUT2D eigenvalue weighted by Crippen LogP contribution is -2.37. The minimum Gasteiger partial charge on any atom is -0.393 e. The summed E-state index contributed by atoms with van der Waals surface area (Å²) in [6.07, 6.45) is 1.55. The molecule has 0 fully saturated rings. The predicted octanol–water partition coefficient (Wildman–Crippen LogP) is 0.222. The molecule has 0 radical (unpaired) electrons. The van der Waals surface area contributed by atoms with E-state index in [-0.39, 0.29) is 29.6 Å². The average Bonchev–Trinajstić information content (AvgIpc) is 2.71. The van der Waals surface area contributed by atoms with Gasteiger partial charge in [0.15, 0.2) is 0 Å². The lowest BCUT2D eigenvalue weighted by atomic mass is 10.1. The molecule has 2 aromatic rings. The SMILES string of the molecule is C=Cc1ccc(S(=O)(=O)Nc2ccc(C)n(C(CCON=C(N)N)C(N)=O)c2=O)cc1. The van der Waals surface area contributed by atoms with Crippen LogP contribution in [0.2, 0.25) is 0 Å². The average molecular weight is 449 g/mol. The number of sulfonamides is 1. The molecule has 0 saturated carbocycles. The van der Waals surface area contributed by atoms with Crippen LogP contribution < -0.4 is 27.5 Å². The van der Waals surface area contributed by atoms with Crippen molar-refractivity contribution in [3.63, 3.8) is 0 Å². The number of primary amides is 1. The van der Waals surface area contributed by atoms with Crippen molar-refractivity contribution in [2.24, 2.45) is 22.4 Å². The van der Waals surface area contributed by atoms with E-state index in [0.29, 0.717) is 5.69 Å². The van der Waals surface area contributed by atoms with Gasteiger partial charge in [0.1, 0.15) is 18.3 Å². The van der Waals surface area contributed by atoms with Crippen LogP contribution in [0.15, 0.2) is 57.8 Å². The number of oxime groups is 1. The summed E-state index contributed by atoms with van der Waals surface area (Å²) in [6.45, 7) is 5.09. The normalized spacial score (nSPS) is 11.9. The van der Waals surface area contributed by atoms with Crippen molar-refractivity contribution >= 4 is 33.7 Å². The number of nitrogens with two attached hydrogens (primary N) is 3. The molecule has 0 saturated heterocycles. The minimum atomic E-state index is -4.05. The van der Waals surface area contributed by atoms with Gasteiger partial charge in [-0.15, -0.1) is 0 Å². The molecular formula is C19H24N6O5S. The molecule has 0 spiro atoms. The van der Waals surface area contributed by atoms with Gasteiger partial charge in [-0.1, -0.05) is 24.8 Å². The second-order valence-corrected chi connectivity index (χ2v) is 8.18. The Kier molecular flexibility index (Phi) is 7.42. The van der Waals surface area contributed by atoms with Crippen LogP contribution in [-0.2, 0) is 19.7 Å². The number of amides is 1. The Morgan fingerprint density at radius 2 is 1.87 bits per heavy atom. The Morgan fingerprint density at radius 3 is 2.42 bits per heavy atom. The molecule has 0 aliphatic carbocycles. The zero-order valence-electron chi connectivity index (χ0n) is 16.8. The van der Waals surface area contributed by atoms with Gasteiger partial charge in [-0.3, -0.25) is 18.9 Å². The van der Waals surface area contributed by atoms with Crippen molar-refractivity contribution in [3.05, 3.63) is 64.6 Å². The van der Waals surface area contributed by atoms with Gasteiger partial charge in [0, 0.05) is 12.1 Å². The number of nitrogens with zero attached hydrogens (tertiary/aromatic N) is 2. The molecule has 2 rings (SSSR count). The third-order valence-corrected chi connectivity index (χ3v) is 5.66. The van der Waals surface area contributed by atoms with E-state index in [1.54, 1.807) is 25.1 Å². The van der Waals surface area contributed by atoms with Crippen LogP contribution in [0.1, 0.15) is 23.7 Å². The summed E-state index contributed by atoms with van der Waals surface area (Å²) in [6, 6.07) is 7.63. The van der Waals surface area contributed by atoms with E-state index < -0.39 is 27.5 Å². The Labute approximate surface area is 179 Å². The molecule has 1 unspecified atom stereocenters. The zero-order valence-corrected chi connectivity index (χ0v) is 17.6. The van der Waals surface area contributed by atoms with Crippen molar-refractivity contribution in [2.75, 3.05) is 11.3 Å². The summed E-state index contributed by atoms with van der Waals surface area (Å²) in [5.74, 6) is -1.11. The topological polar surface area (TPSA) is 185 Å². The van der Waals surface area contributed by atoms with Crippen LogP contribution in [0, 0.1) is 6.92 Å². The largest absolute Gasteiger partial charge is 0.393 e. The van der Waals surface area contributed by atoms with Crippen molar-refractivity contribution in [2.45, 2.75) is 24.3 Å². The third kappa shape index (κ3) is 5.85. The Morgan fingerprint density at radius 1 is 1.23 bits per heavy atom. The molecule has 0 bridgehead atoms. The van der Waals surface area contributed by atoms with Crippen LogP contribution in [0.25, 0.3) is 6.08 Å². The number of rotatable bonds is 10. The second-order valence-electron chi connectivity index (χ2n) is 6.50. The highest BCUT2D eigenvalue weighted by atomic mass is 32.2.